The lowest BCUT2D eigenvalue weighted by Crippen LogP contribution is -2.43. The summed E-state index contributed by atoms with van der Waals surface area (Å²) >= 11 is 5.97. The molecule has 6 heteroatoms. The monoisotopic (exact) mass is 339 g/mol. The van der Waals surface area contributed by atoms with Gasteiger partial charge in [0.1, 0.15) is 5.82 Å². The maximum Gasteiger partial charge on any atom is 0.241 e. The highest BCUT2D eigenvalue weighted by atomic mass is 35.5. The number of halogens is 2. The Labute approximate surface area is 141 Å². The Kier molecular flexibility index (Phi) is 5.19. The number of hydrogen-bond acceptors (Lipinski definition) is 3. The third kappa shape index (κ3) is 3.84. The quantitative estimate of drug-likeness (QED) is 0.916. The fourth-order valence-electron chi connectivity index (χ4n) is 3.52. The summed E-state index contributed by atoms with van der Waals surface area (Å²) in [6, 6.07) is 4.36. The van der Waals surface area contributed by atoms with Gasteiger partial charge in [-0.3, -0.25) is 14.6 Å². The molecule has 23 heavy (non-hydrogen) atoms. The lowest BCUT2D eigenvalue weighted by Gasteiger charge is -2.26. The molecule has 1 N–H and O–H groups in total. The van der Waals surface area contributed by atoms with Gasteiger partial charge in [-0.05, 0) is 57.5 Å². The number of benzene rings is 1. The number of likely N-dealkylation sites (tertiary alicyclic amines) is 2. The van der Waals surface area contributed by atoms with Crippen LogP contribution in [-0.4, -0.2) is 54.0 Å². The largest absolute Gasteiger partial charge is 0.323 e. The van der Waals surface area contributed by atoms with Crippen molar-refractivity contribution in [2.24, 2.45) is 0 Å². The fraction of sp³-hybridized carbons (Fsp3) is 0.588. The van der Waals surface area contributed by atoms with Crippen LogP contribution < -0.4 is 5.32 Å². The van der Waals surface area contributed by atoms with E-state index in [0.717, 1.165) is 19.5 Å². The summed E-state index contributed by atoms with van der Waals surface area (Å²) in [6.45, 7) is 6.16. The zero-order valence-electron chi connectivity index (χ0n) is 13.4. The molecular formula is C17H23ClFN3O. The van der Waals surface area contributed by atoms with Crippen LogP contribution in [0.3, 0.4) is 0 Å². The summed E-state index contributed by atoms with van der Waals surface area (Å²) in [5, 5.41) is 3.03. The van der Waals surface area contributed by atoms with E-state index in [0.29, 0.717) is 11.7 Å². The first-order valence-electron chi connectivity index (χ1n) is 8.28. The molecule has 2 aliphatic heterocycles. The lowest BCUT2D eigenvalue weighted by molar-refractivity contribution is -0.120. The van der Waals surface area contributed by atoms with Gasteiger partial charge in [-0.1, -0.05) is 11.6 Å². The maximum atomic E-state index is 13.1. The van der Waals surface area contributed by atoms with Crippen molar-refractivity contribution < 1.29 is 9.18 Å². The first-order chi connectivity index (χ1) is 11.0. The standard InChI is InChI=1S/C17H23ClFN3O/c1-12(17(23)20-16-5-4-13(19)10-15(16)18)22-9-6-14(11-22)21-7-2-3-8-21/h4-5,10,12,14H,2-3,6-9,11H2,1H3,(H,20,23). The average Bonchev–Trinajstić information content (AvgIpc) is 3.19. The third-order valence-corrected chi connectivity index (χ3v) is 5.28. The summed E-state index contributed by atoms with van der Waals surface area (Å²) in [5.74, 6) is -0.505. The van der Waals surface area contributed by atoms with Gasteiger partial charge in [0.05, 0.1) is 16.8 Å². The zero-order valence-corrected chi connectivity index (χ0v) is 14.2. The van der Waals surface area contributed by atoms with Gasteiger partial charge in [0.25, 0.3) is 0 Å². The second-order valence-electron chi connectivity index (χ2n) is 6.47. The van der Waals surface area contributed by atoms with Crippen LogP contribution in [0, 0.1) is 5.82 Å². The molecule has 0 radical (unpaired) electrons. The van der Waals surface area contributed by atoms with Gasteiger partial charge in [-0.25, -0.2) is 4.39 Å². The number of hydrogen-bond donors (Lipinski definition) is 1. The van der Waals surface area contributed by atoms with Crippen molar-refractivity contribution in [2.75, 3.05) is 31.5 Å². The normalized spacial score (nSPS) is 24.0. The van der Waals surface area contributed by atoms with Crippen LogP contribution in [0.25, 0.3) is 0 Å². The van der Waals surface area contributed by atoms with E-state index in [2.05, 4.69) is 15.1 Å². The van der Waals surface area contributed by atoms with Crippen LogP contribution in [-0.2, 0) is 4.79 Å². The van der Waals surface area contributed by atoms with Crippen molar-refractivity contribution in [1.82, 2.24) is 9.80 Å². The number of carbonyl (C=O) groups is 1. The van der Waals surface area contributed by atoms with Crippen LogP contribution in [0.1, 0.15) is 26.2 Å². The van der Waals surface area contributed by atoms with Gasteiger partial charge in [-0.15, -0.1) is 0 Å². The molecule has 1 amide bonds. The Bertz CT molecular complexity index is 577. The lowest BCUT2D eigenvalue weighted by atomic mass is 10.2. The highest BCUT2D eigenvalue weighted by Crippen LogP contribution is 2.25. The van der Waals surface area contributed by atoms with E-state index in [-0.39, 0.29) is 17.0 Å². The van der Waals surface area contributed by atoms with Crippen molar-refractivity contribution in [1.29, 1.82) is 0 Å². The van der Waals surface area contributed by atoms with Gasteiger partial charge in [0, 0.05) is 19.1 Å². The van der Waals surface area contributed by atoms with Gasteiger partial charge in [-0.2, -0.15) is 0 Å². The van der Waals surface area contributed by atoms with Gasteiger partial charge < -0.3 is 5.32 Å². The minimum absolute atomic E-state index is 0.0967. The van der Waals surface area contributed by atoms with E-state index < -0.39 is 5.82 Å². The summed E-state index contributed by atoms with van der Waals surface area (Å²) in [5.41, 5.74) is 0.459. The second kappa shape index (κ2) is 7.16. The van der Waals surface area contributed by atoms with Crippen LogP contribution in [0.4, 0.5) is 10.1 Å². The predicted octanol–water partition coefficient (Wildman–Crippen LogP) is 2.98. The third-order valence-electron chi connectivity index (χ3n) is 4.97. The molecule has 0 bridgehead atoms. The Morgan fingerprint density at radius 2 is 2.09 bits per heavy atom. The molecule has 1 aromatic rings. The van der Waals surface area contributed by atoms with Crippen LogP contribution in [0.5, 0.6) is 0 Å². The molecular weight excluding hydrogens is 317 g/mol. The Hall–Kier alpha value is -1.17. The topological polar surface area (TPSA) is 35.6 Å². The molecule has 0 spiro atoms. The van der Waals surface area contributed by atoms with Gasteiger partial charge in [0.2, 0.25) is 5.91 Å². The summed E-state index contributed by atoms with van der Waals surface area (Å²) in [7, 11) is 0. The highest BCUT2D eigenvalue weighted by Gasteiger charge is 2.33. The molecule has 2 atom stereocenters. The molecule has 2 fully saturated rings. The zero-order chi connectivity index (χ0) is 16.4. The number of rotatable bonds is 4. The van der Waals surface area contributed by atoms with Gasteiger partial charge in [0.15, 0.2) is 0 Å². The molecule has 0 aliphatic carbocycles. The van der Waals surface area contributed by atoms with Crippen LogP contribution in [0.15, 0.2) is 18.2 Å². The van der Waals surface area contributed by atoms with Crippen LogP contribution >= 0.6 is 11.6 Å². The van der Waals surface area contributed by atoms with Crippen LogP contribution in [0.2, 0.25) is 5.02 Å². The first kappa shape index (κ1) is 16.7. The molecule has 2 heterocycles. The van der Waals surface area contributed by atoms with E-state index in [9.17, 15) is 9.18 Å². The second-order valence-corrected chi connectivity index (χ2v) is 6.88. The van der Waals surface area contributed by atoms with Crippen molar-refractivity contribution in [3.8, 4) is 0 Å². The van der Waals surface area contributed by atoms with E-state index >= 15 is 0 Å². The number of anilines is 1. The summed E-state index contributed by atoms with van der Waals surface area (Å²) < 4.78 is 13.1. The summed E-state index contributed by atoms with van der Waals surface area (Å²) in [6.07, 6.45) is 3.69. The number of nitrogens with zero attached hydrogens (tertiary/aromatic N) is 2. The van der Waals surface area contributed by atoms with Crippen molar-refractivity contribution in [2.45, 2.75) is 38.3 Å². The molecule has 4 nitrogen and oxygen atoms in total. The molecule has 2 saturated heterocycles. The summed E-state index contributed by atoms with van der Waals surface area (Å²) in [4.78, 5) is 17.2. The fourth-order valence-corrected chi connectivity index (χ4v) is 3.73. The van der Waals surface area contributed by atoms with Crippen molar-refractivity contribution >= 4 is 23.2 Å². The van der Waals surface area contributed by atoms with Crippen molar-refractivity contribution in [3.05, 3.63) is 29.0 Å². The molecule has 126 valence electrons. The van der Waals surface area contributed by atoms with E-state index in [4.69, 9.17) is 11.6 Å². The van der Waals surface area contributed by atoms with E-state index in [1.165, 1.54) is 44.1 Å². The Morgan fingerprint density at radius 1 is 1.35 bits per heavy atom. The average molecular weight is 340 g/mol. The first-order valence-corrected chi connectivity index (χ1v) is 8.66. The highest BCUT2D eigenvalue weighted by molar-refractivity contribution is 6.33. The molecule has 0 saturated carbocycles. The molecule has 2 unspecified atom stereocenters. The van der Waals surface area contributed by atoms with Crippen molar-refractivity contribution in [3.63, 3.8) is 0 Å². The SMILES string of the molecule is CC(C(=O)Nc1ccc(F)cc1Cl)N1CCC(N2CCCC2)C1. The predicted molar refractivity (Wildman–Crippen MR) is 90.3 cm³/mol. The number of amides is 1. The molecule has 0 aromatic heterocycles. The Balaban J connectivity index is 1.57. The molecule has 2 aliphatic rings. The van der Waals surface area contributed by atoms with Gasteiger partial charge >= 0.3 is 0 Å². The maximum absolute atomic E-state index is 13.1. The van der Waals surface area contributed by atoms with E-state index in [1.54, 1.807) is 0 Å². The number of carbonyl (C=O) groups excluding carboxylic acids is 1. The minimum atomic E-state index is -0.408. The minimum Gasteiger partial charge on any atom is -0.323 e. The molecule has 1 aromatic carbocycles. The Morgan fingerprint density at radius 3 is 2.78 bits per heavy atom. The number of nitrogens with one attached hydrogen (secondary N) is 1. The smallest absolute Gasteiger partial charge is 0.241 e. The molecule has 3 rings (SSSR count). The van der Waals surface area contributed by atoms with E-state index in [1.807, 2.05) is 6.92 Å².